The van der Waals surface area contributed by atoms with Crippen molar-refractivity contribution >= 4 is 31.6 Å². The number of anilines is 1. The first-order chi connectivity index (χ1) is 8.67. The van der Waals surface area contributed by atoms with Crippen molar-refractivity contribution in [3.05, 3.63) is 22.7 Å². The molecule has 106 valence electrons. The maximum Gasteiger partial charge on any atom is 0.238 e. The Morgan fingerprint density at radius 3 is 2.58 bits per heavy atom. The Morgan fingerprint density at radius 1 is 1.42 bits per heavy atom. The molecule has 1 aromatic carbocycles. The van der Waals surface area contributed by atoms with Crippen molar-refractivity contribution in [1.29, 1.82) is 0 Å². The van der Waals surface area contributed by atoms with Gasteiger partial charge in [0.15, 0.2) is 0 Å². The Labute approximate surface area is 122 Å². The quantitative estimate of drug-likeness (QED) is 0.883. The topological polar surface area (TPSA) is 72.2 Å². The fraction of sp³-hybridized carbons (Fsp3) is 0.538. The van der Waals surface area contributed by atoms with E-state index in [1.807, 2.05) is 0 Å². The maximum atomic E-state index is 11.3. The summed E-state index contributed by atoms with van der Waals surface area (Å²) in [5, 5.41) is 8.57. The number of primary sulfonamides is 1. The van der Waals surface area contributed by atoms with Crippen LogP contribution in [0.5, 0.6) is 0 Å². The molecule has 1 aliphatic carbocycles. The van der Waals surface area contributed by atoms with Crippen LogP contribution in [0.25, 0.3) is 0 Å². The lowest BCUT2D eigenvalue weighted by Gasteiger charge is -2.19. The van der Waals surface area contributed by atoms with Gasteiger partial charge in [0.1, 0.15) is 0 Å². The number of benzene rings is 1. The highest BCUT2D eigenvalue weighted by atomic mass is 79.9. The first-order valence-electron chi connectivity index (χ1n) is 6.26. The number of rotatable bonds is 3. The monoisotopic (exact) mass is 346 g/mol. The Morgan fingerprint density at radius 2 is 2.11 bits per heavy atom. The molecule has 19 heavy (non-hydrogen) atoms. The molecule has 1 atom stereocenters. The van der Waals surface area contributed by atoms with Crippen molar-refractivity contribution in [2.75, 3.05) is 5.32 Å². The van der Waals surface area contributed by atoms with Crippen molar-refractivity contribution in [2.24, 2.45) is 10.6 Å². The maximum absolute atomic E-state index is 11.3. The second-order valence-corrected chi connectivity index (χ2v) is 8.35. The lowest BCUT2D eigenvalue weighted by molar-refractivity contribution is 0.378. The molecule has 3 N–H and O–H groups in total. The van der Waals surface area contributed by atoms with Gasteiger partial charge in [-0.15, -0.1) is 0 Å². The minimum Gasteiger partial charge on any atom is -0.381 e. The molecule has 0 spiro atoms. The molecule has 1 aromatic rings. The van der Waals surface area contributed by atoms with Crippen LogP contribution in [0.2, 0.25) is 0 Å². The number of halogens is 1. The van der Waals surface area contributed by atoms with Crippen molar-refractivity contribution in [1.82, 2.24) is 0 Å². The van der Waals surface area contributed by atoms with Crippen LogP contribution in [-0.2, 0) is 10.0 Å². The molecule has 1 saturated carbocycles. The third-order valence-corrected chi connectivity index (χ3v) is 5.16. The molecule has 0 heterocycles. The second-order valence-electron chi connectivity index (χ2n) is 5.93. The van der Waals surface area contributed by atoms with Gasteiger partial charge in [0, 0.05) is 16.2 Å². The fourth-order valence-electron chi connectivity index (χ4n) is 2.57. The molecule has 2 rings (SSSR count). The molecule has 4 nitrogen and oxygen atoms in total. The molecular weight excluding hydrogens is 328 g/mol. The molecule has 1 aliphatic rings. The van der Waals surface area contributed by atoms with E-state index < -0.39 is 10.0 Å². The summed E-state index contributed by atoms with van der Waals surface area (Å²) >= 11 is 3.39. The number of nitrogens with one attached hydrogen (secondary N) is 1. The van der Waals surface area contributed by atoms with E-state index in [1.54, 1.807) is 6.07 Å². The average molecular weight is 347 g/mol. The summed E-state index contributed by atoms with van der Waals surface area (Å²) in [6.07, 6.45) is 3.46. The Hall–Kier alpha value is -0.590. The van der Waals surface area contributed by atoms with E-state index >= 15 is 0 Å². The van der Waals surface area contributed by atoms with Crippen LogP contribution in [0.4, 0.5) is 5.69 Å². The number of nitrogens with two attached hydrogens (primary N) is 1. The third kappa shape index (κ3) is 3.70. The van der Waals surface area contributed by atoms with Crippen LogP contribution >= 0.6 is 15.9 Å². The molecule has 0 aromatic heterocycles. The van der Waals surface area contributed by atoms with Gasteiger partial charge in [0.05, 0.1) is 4.90 Å². The first-order valence-corrected chi connectivity index (χ1v) is 8.60. The number of hydrogen-bond donors (Lipinski definition) is 2. The summed E-state index contributed by atoms with van der Waals surface area (Å²) in [7, 11) is -3.65. The van der Waals surface area contributed by atoms with Gasteiger partial charge < -0.3 is 5.32 Å². The predicted octanol–water partition coefficient (Wildman–Crippen LogP) is 3.09. The van der Waals surface area contributed by atoms with Crippen LogP contribution in [0.15, 0.2) is 27.6 Å². The van der Waals surface area contributed by atoms with Crippen molar-refractivity contribution in [3.8, 4) is 0 Å². The van der Waals surface area contributed by atoms with Crippen molar-refractivity contribution < 1.29 is 8.42 Å². The van der Waals surface area contributed by atoms with E-state index in [1.165, 1.54) is 18.6 Å². The van der Waals surface area contributed by atoms with Gasteiger partial charge in [-0.2, -0.15) is 0 Å². The average Bonchev–Trinajstić information content (AvgIpc) is 2.59. The van der Waals surface area contributed by atoms with Gasteiger partial charge in [0.25, 0.3) is 0 Å². The summed E-state index contributed by atoms with van der Waals surface area (Å²) in [5.74, 6) is 0. The lowest BCUT2D eigenvalue weighted by Crippen LogP contribution is -2.18. The fourth-order valence-corrected chi connectivity index (χ4v) is 3.75. The molecule has 0 amide bonds. The van der Waals surface area contributed by atoms with E-state index in [9.17, 15) is 8.42 Å². The number of sulfonamides is 1. The molecule has 0 bridgehead atoms. The van der Waals surface area contributed by atoms with Crippen LogP contribution in [0.3, 0.4) is 0 Å². The highest BCUT2D eigenvalue weighted by Gasteiger charge is 2.30. The molecule has 0 saturated heterocycles. The predicted molar refractivity (Wildman–Crippen MR) is 80.6 cm³/mol. The van der Waals surface area contributed by atoms with Gasteiger partial charge in [-0.1, -0.05) is 13.8 Å². The van der Waals surface area contributed by atoms with Crippen molar-refractivity contribution in [2.45, 2.75) is 44.0 Å². The minimum absolute atomic E-state index is 0.122. The molecular formula is C13H19BrN2O2S. The molecule has 1 fully saturated rings. The largest absolute Gasteiger partial charge is 0.381 e. The zero-order chi connectivity index (χ0) is 14.3. The zero-order valence-electron chi connectivity index (χ0n) is 11.1. The van der Waals surface area contributed by atoms with E-state index in [0.29, 0.717) is 11.5 Å². The summed E-state index contributed by atoms with van der Waals surface area (Å²) in [6, 6.07) is 5.27. The smallest absolute Gasteiger partial charge is 0.238 e. The minimum atomic E-state index is -3.65. The van der Waals surface area contributed by atoms with Crippen LogP contribution in [0.1, 0.15) is 33.1 Å². The van der Waals surface area contributed by atoms with Gasteiger partial charge in [0.2, 0.25) is 10.0 Å². The zero-order valence-corrected chi connectivity index (χ0v) is 13.5. The van der Waals surface area contributed by atoms with Crippen LogP contribution in [-0.4, -0.2) is 14.5 Å². The summed E-state index contributed by atoms with van der Waals surface area (Å²) in [4.78, 5) is 0.122. The first kappa shape index (κ1) is 14.8. The second kappa shape index (κ2) is 5.07. The number of hydrogen-bond acceptors (Lipinski definition) is 3. The Kier molecular flexibility index (Phi) is 3.95. The van der Waals surface area contributed by atoms with E-state index in [0.717, 1.165) is 23.0 Å². The Balaban J connectivity index is 2.15. The third-order valence-electron chi connectivity index (χ3n) is 3.60. The Bertz CT molecular complexity index is 584. The molecule has 6 heteroatoms. The SMILES string of the molecule is CC1(C)CCC(Nc2ccc(S(N)(=O)=O)cc2Br)C1. The normalized spacial score (nSPS) is 22.4. The van der Waals surface area contributed by atoms with Gasteiger partial charge >= 0.3 is 0 Å². The van der Waals surface area contributed by atoms with E-state index in [4.69, 9.17) is 5.14 Å². The highest BCUT2D eigenvalue weighted by Crippen LogP contribution is 2.39. The summed E-state index contributed by atoms with van der Waals surface area (Å²) in [5.41, 5.74) is 1.29. The lowest BCUT2D eigenvalue weighted by atomic mass is 9.92. The van der Waals surface area contributed by atoms with Gasteiger partial charge in [-0.05, 0) is 58.8 Å². The van der Waals surface area contributed by atoms with Gasteiger partial charge in [-0.3, -0.25) is 0 Å². The van der Waals surface area contributed by atoms with Crippen LogP contribution < -0.4 is 10.5 Å². The summed E-state index contributed by atoms with van der Waals surface area (Å²) in [6.45, 7) is 4.54. The van der Waals surface area contributed by atoms with E-state index in [2.05, 4.69) is 35.1 Å². The summed E-state index contributed by atoms with van der Waals surface area (Å²) < 4.78 is 23.3. The van der Waals surface area contributed by atoms with Crippen molar-refractivity contribution in [3.63, 3.8) is 0 Å². The highest BCUT2D eigenvalue weighted by molar-refractivity contribution is 9.10. The van der Waals surface area contributed by atoms with Gasteiger partial charge in [-0.25, -0.2) is 13.6 Å². The van der Waals surface area contributed by atoms with E-state index in [-0.39, 0.29) is 4.90 Å². The molecule has 0 radical (unpaired) electrons. The molecule has 0 aliphatic heterocycles. The van der Waals surface area contributed by atoms with Crippen LogP contribution in [0, 0.1) is 5.41 Å². The molecule has 1 unspecified atom stereocenters. The standard InChI is InChI=1S/C13H19BrN2O2S/c1-13(2)6-5-9(8-13)16-12-4-3-10(7-11(12)14)19(15,17)18/h3-4,7,9,16H,5-6,8H2,1-2H3,(H2,15,17,18).